The molecule has 0 atom stereocenters. The fourth-order valence-corrected chi connectivity index (χ4v) is 5.84. The van der Waals surface area contributed by atoms with Crippen molar-refractivity contribution in [3.05, 3.63) is 29.8 Å². The zero-order chi connectivity index (χ0) is 22.1. The summed E-state index contributed by atoms with van der Waals surface area (Å²) >= 11 is 0. The fourth-order valence-electron chi connectivity index (χ4n) is 4.33. The van der Waals surface area contributed by atoms with Crippen LogP contribution in [-0.2, 0) is 26.0 Å². The highest BCUT2D eigenvalue weighted by atomic mass is 32.2. The lowest BCUT2D eigenvalue weighted by atomic mass is 9.89. The molecule has 1 saturated carbocycles. The summed E-state index contributed by atoms with van der Waals surface area (Å²) in [5, 5.41) is 5.75. The lowest BCUT2D eigenvalue weighted by Crippen LogP contribution is -2.38. The Bertz CT molecular complexity index is 827. The maximum absolute atomic E-state index is 12.7. The topological polar surface area (TPSA) is 95.6 Å². The Morgan fingerprint density at radius 2 is 1.48 bits per heavy atom. The number of rotatable bonds is 9. The SMILES string of the molecule is O=C(CCc1ccc(S(=O)(=O)N2CCCCC2)cc1)NCCNC(=O)C1CCCCC1. The highest BCUT2D eigenvalue weighted by Crippen LogP contribution is 2.23. The Hall–Kier alpha value is -1.93. The van der Waals surface area contributed by atoms with Crippen LogP contribution in [0.25, 0.3) is 0 Å². The molecule has 0 aromatic heterocycles. The van der Waals surface area contributed by atoms with Crippen LogP contribution in [0.3, 0.4) is 0 Å². The standard InChI is InChI=1S/C23H35N3O4S/c27-22(24-15-16-25-23(28)20-7-3-1-4-8-20)14-11-19-9-12-21(13-10-19)31(29,30)26-17-5-2-6-18-26/h9-10,12-13,20H,1-8,11,14-18H2,(H,24,27)(H,25,28). The van der Waals surface area contributed by atoms with Gasteiger partial charge in [0.05, 0.1) is 4.90 Å². The third-order valence-electron chi connectivity index (χ3n) is 6.24. The molecule has 172 valence electrons. The van der Waals surface area contributed by atoms with Gasteiger partial charge in [-0.2, -0.15) is 4.31 Å². The molecule has 1 saturated heterocycles. The van der Waals surface area contributed by atoms with Gasteiger partial charge in [-0.05, 0) is 49.8 Å². The Balaban J connectivity index is 1.35. The van der Waals surface area contributed by atoms with E-state index < -0.39 is 10.0 Å². The molecular weight excluding hydrogens is 414 g/mol. The predicted molar refractivity (Wildman–Crippen MR) is 120 cm³/mol. The molecule has 1 aliphatic carbocycles. The first-order chi connectivity index (χ1) is 15.0. The molecule has 31 heavy (non-hydrogen) atoms. The van der Waals surface area contributed by atoms with Crippen LogP contribution in [0, 0.1) is 5.92 Å². The van der Waals surface area contributed by atoms with Gasteiger partial charge in [0.1, 0.15) is 0 Å². The van der Waals surface area contributed by atoms with Crippen molar-refractivity contribution in [2.24, 2.45) is 5.92 Å². The van der Waals surface area contributed by atoms with Gasteiger partial charge in [-0.1, -0.05) is 37.8 Å². The van der Waals surface area contributed by atoms with Crippen molar-refractivity contribution in [1.82, 2.24) is 14.9 Å². The number of piperidine rings is 1. The van der Waals surface area contributed by atoms with Gasteiger partial charge in [0, 0.05) is 38.5 Å². The van der Waals surface area contributed by atoms with Gasteiger partial charge in [-0.3, -0.25) is 9.59 Å². The summed E-state index contributed by atoms with van der Waals surface area (Å²) in [6, 6.07) is 6.85. The predicted octanol–water partition coefficient (Wildman–Crippen LogP) is 2.61. The second-order valence-corrected chi connectivity index (χ2v) is 10.5. The summed E-state index contributed by atoms with van der Waals surface area (Å²) in [5.41, 5.74) is 0.929. The minimum absolute atomic E-state index is 0.0723. The van der Waals surface area contributed by atoms with Crippen molar-refractivity contribution >= 4 is 21.8 Å². The van der Waals surface area contributed by atoms with Crippen LogP contribution in [-0.4, -0.2) is 50.7 Å². The van der Waals surface area contributed by atoms with E-state index in [2.05, 4.69) is 10.6 Å². The summed E-state index contributed by atoms with van der Waals surface area (Å²) < 4.78 is 26.9. The smallest absolute Gasteiger partial charge is 0.243 e. The lowest BCUT2D eigenvalue weighted by molar-refractivity contribution is -0.126. The first-order valence-corrected chi connectivity index (χ1v) is 13.0. The van der Waals surface area contributed by atoms with E-state index in [1.807, 2.05) is 0 Å². The Morgan fingerprint density at radius 1 is 0.871 bits per heavy atom. The maximum atomic E-state index is 12.7. The average molecular weight is 450 g/mol. The van der Waals surface area contributed by atoms with Crippen molar-refractivity contribution in [2.75, 3.05) is 26.2 Å². The van der Waals surface area contributed by atoms with E-state index in [0.717, 1.165) is 50.5 Å². The van der Waals surface area contributed by atoms with Gasteiger partial charge in [-0.15, -0.1) is 0 Å². The molecule has 0 bridgehead atoms. The monoisotopic (exact) mass is 449 g/mol. The number of amides is 2. The van der Waals surface area contributed by atoms with Crippen molar-refractivity contribution < 1.29 is 18.0 Å². The molecule has 2 fully saturated rings. The molecule has 1 aromatic carbocycles. The molecule has 8 heteroatoms. The van der Waals surface area contributed by atoms with E-state index in [0.29, 0.717) is 43.9 Å². The molecule has 0 unspecified atom stereocenters. The number of hydrogen-bond acceptors (Lipinski definition) is 4. The van der Waals surface area contributed by atoms with E-state index in [-0.39, 0.29) is 17.7 Å². The van der Waals surface area contributed by atoms with Crippen LogP contribution in [0.15, 0.2) is 29.2 Å². The van der Waals surface area contributed by atoms with Gasteiger partial charge in [0.2, 0.25) is 21.8 Å². The molecular formula is C23H35N3O4S. The third kappa shape index (κ3) is 7.04. The average Bonchev–Trinajstić information content (AvgIpc) is 2.81. The van der Waals surface area contributed by atoms with Gasteiger partial charge in [0.25, 0.3) is 0 Å². The zero-order valence-corrected chi connectivity index (χ0v) is 19.1. The molecule has 1 aliphatic heterocycles. The van der Waals surface area contributed by atoms with Crippen molar-refractivity contribution in [1.29, 1.82) is 0 Å². The van der Waals surface area contributed by atoms with E-state index in [1.54, 1.807) is 28.6 Å². The molecule has 0 spiro atoms. The highest BCUT2D eigenvalue weighted by Gasteiger charge is 2.25. The third-order valence-corrected chi connectivity index (χ3v) is 8.15. The molecule has 3 rings (SSSR count). The number of hydrogen-bond donors (Lipinski definition) is 2. The quantitative estimate of drug-likeness (QED) is 0.567. The Labute approximate surface area is 186 Å². The molecule has 7 nitrogen and oxygen atoms in total. The summed E-state index contributed by atoms with van der Waals surface area (Å²) in [7, 11) is -3.42. The molecule has 2 aliphatic rings. The second-order valence-electron chi connectivity index (χ2n) is 8.58. The van der Waals surface area contributed by atoms with Gasteiger partial charge < -0.3 is 10.6 Å². The number of benzene rings is 1. The van der Waals surface area contributed by atoms with Crippen molar-refractivity contribution in [3.8, 4) is 0 Å². The first-order valence-electron chi connectivity index (χ1n) is 11.6. The summed E-state index contributed by atoms with van der Waals surface area (Å²) in [6.07, 6.45) is 9.19. The number of carbonyl (C=O) groups excluding carboxylic acids is 2. The number of sulfonamides is 1. The van der Waals surface area contributed by atoms with Crippen LogP contribution < -0.4 is 10.6 Å². The van der Waals surface area contributed by atoms with E-state index in [1.165, 1.54) is 6.42 Å². The van der Waals surface area contributed by atoms with Crippen LogP contribution >= 0.6 is 0 Å². The van der Waals surface area contributed by atoms with Crippen LogP contribution in [0.5, 0.6) is 0 Å². The molecule has 2 N–H and O–H groups in total. The van der Waals surface area contributed by atoms with Crippen LogP contribution in [0.1, 0.15) is 63.4 Å². The summed E-state index contributed by atoms with van der Waals surface area (Å²) in [6.45, 7) is 2.05. The largest absolute Gasteiger partial charge is 0.354 e. The molecule has 2 amide bonds. The minimum Gasteiger partial charge on any atom is -0.354 e. The number of nitrogens with zero attached hydrogens (tertiary/aromatic N) is 1. The fraction of sp³-hybridized carbons (Fsp3) is 0.652. The second kappa shape index (κ2) is 11.6. The van der Waals surface area contributed by atoms with Gasteiger partial charge >= 0.3 is 0 Å². The van der Waals surface area contributed by atoms with Crippen molar-refractivity contribution in [3.63, 3.8) is 0 Å². The Morgan fingerprint density at radius 3 is 2.16 bits per heavy atom. The summed E-state index contributed by atoms with van der Waals surface area (Å²) in [5.74, 6) is 0.164. The van der Waals surface area contributed by atoms with Crippen LogP contribution in [0.4, 0.5) is 0 Å². The summed E-state index contributed by atoms with van der Waals surface area (Å²) in [4.78, 5) is 24.5. The lowest BCUT2D eigenvalue weighted by Gasteiger charge is -2.25. The molecule has 0 radical (unpaired) electrons. The first kappa shape index (κ1) is 23.7. The Kier molecular flexibility index (Phi) is 8.90. The molecule has 1 aromatic rings. The van der Waals surface area contributed by atoms with Crippen molar-refractivity contribution in [2.45, 2.75) is 69.1 Å². The van der Waals surface area contributed by atoms with Gasteiger partial charge in [0.15, 0.2) is 0 Å². The maximum Gasteiger partial charge on any atom is 0.243 e. The normalized spacial score (nSPS) is 18.5. The molecule has 1 heterocycles. The zero-order valence-electron chi connectivity index (χ0n) is 18.3. The van der Waals surface area contributed by atoms with Crippen LogP contribution in [0.2, 0.25) is 0 Å². The minimum atomic E-state index is -3.42. The van der Waals surface area contributed by atoms with E-state index in [4.69, 9.17) is 0 Å². The number of carbonyl (C=O) groups is 2. The van der Waals surface area contributed by atoms with E-state index >= 15 is 0 Å². The van der Waals surface area contributed by atoms with E-state index in [9.17, 15) is 18.0 Å². The number of aryl methyl sites for hydroxylation is 1. The number of nitrogens with one attached hydrogen (secondary N) is 2. The van der Waals surface area contributed by atoms with Gasteiger partial charge in [-0.25, -0.2) is 8.42 Å². The highest BCUT2D eigenvalue weighted by molar-refractivity contribution is 7.89.